The van der Waals surface area contributed by atoms with Crippen LogP contribution in [0.15, 0.2) is 0 Å². The van der Waals surface area contributed by atoms with E-state index in [1.54, 1.807) is 0 Å². The zero-order valence-corrected chi connectivity index (χ0v) is 6.15. The minimum absolute atomic E-state index is 0.317. The lowest BCUT2D eigenvalue weighted by Gasteiger charge is -2.25. The number of hydrogen-bond acceptors (Lipinski definition) is 2. The molecule has 1 saturated heterocycles. The van der Waals surface area contributed by atoms with Crippen molar-refractivity contribution < 1.29 is 5.11 Å². The molecule has 0 unspecified atom stereocenters. The molecule has 0 aromatic rings. The summed E-state index contributed by atoms with van der Waals surface area (Å²) >= 11 is 0. The Labute approximate surface area is 56.3 Å². The topological polar surface area (TPSA) is 32.3 Å². The summed E-state index contributed by atoms with van der Waals surface area (Å²) in [5.41, 5.74) is -0.531. The van der Waals surface area contributed by atoms with Gasteiger partial charge in [-0.2, -0.15) is 0 Å². The van der Waals surface area contributed by atoms with Crippen molar-refractivity contribution in [1.29, 1.82) is 0 Å². The lowest BCUT2D eigenvalue weighted by molar-refractivity contribution is 0.0449. The van der Waals surface area contributed by atoms with Crippen LogP contribution in [0.1, 0.15) is 26.7 Å². The number of aliphatic hydroxyl groups is 1. The lowest BCUT2D eigenvalue weighted by Crippen LogP contribution is -2.42. The molecule has 54 valence electrons. The first-order chi connectivity index (χ1) is 4.11. The third kappa shape index (κ3) is 1.66. The predicted octanol–water partition coefficient (Wildman–Crippen LogP) is 0.509. The first-order valence-electron chi connectivity index (χ1n) is 3.56. The lowest BCUT2D eigenvalue weighted by atomic mass is 9.98. The van der Waals surface area contributed by atoms with Gasteiger partial charge in [0.05, 0.1) is 5.60 Å². The van der Waals surface area contributed by atoms with Gasteiger partial charge in [0, 0.05) is 6.04 Å². The quantitative estimate of drug-likeness (QED) is 0.540. The van der Waals surface area contributed by atoms with Crippen LogP contribution in [0, 0.1) is 0 Å². The molecule has 9 heavy (non-hydrogen) atoms. The van der Waals surface area contributed by atoms with E-state index in [1.165, 1.54) is 6.42 Å². The summed E-state index contributed by atoms with van der Waals surface area (Å²) in [6.45, 7) is 4.78. The second-order valence-electron chi connectivity index (χ2n) is 3.30. The minimum Gasteiger partial charge on any atom is -0.389 e. The third-order valence-corrected chi connectivity index (χ3v) is 1.91. The van der Waals surface area contributed by atoms with E-state index in [-0.39, 0.29) is 0 Å². The first kappa shape index (κ1) is 7.03. The van der Waals surface area contributed by atoms with Gasteiger partial charge < -0.3 is 10.4 Å². The monoisotopic (exact) mass is 129 g/mol. The van der Waals surface area contributed by atoms with Gasteiger partial charge in [-0.15, -0.1) is 0 Å². The average molecular weight is 129 g/mol. The Kier molecular flexibility index (Phi) is 1.78. The molecule has 1 heterocycles. The second kappa shape index (κ2) is 2.27. The molecule has 0 bridgehead atoms. The van der Waals surface area contributed by atoms with Crippen LogP contribution in [-0.2, 0) is 0 Å². The Morgan fingerprint density at radius 2 is 2.22 bits per heavy atom. The van der Waals surface area contributed by atoms with E-state index >= 15 is 0 Å². The molecule has 1 aliphatic heterocycles. The maximum absolute atomic E-state index is 9.45. The highest BCUT2D eigenvalue weighted by Gasteiger charge is 2.28. The molecule has 0 saturated carbocycles. The summed E-state index contributed by atoms with van der Waals surface area (Å²) in [7, 11) is 0. The fourth-order valence-electron chi connectivity index (χ4n) is 1.29. The molecule has 0 spiro atoms. The van der Waals surface area contributed by atoms with Gasteiger partial charge in [-0.1, -0.05) is 0 Å². The third-order valence-electron chi connectivity index (χ3n) is 1.91. The summed E-state index contributed by atoms with van der Waals surface area (Å²) in [6, 6.07) is 0.317. The Morgan fingerprint density at radius 3 is 2.44 bits per heavy atom. The molecule has 1 rings (SSSR count). The highest BCUT2D eigenvalue weighted by Crippen LogP contribution is 2.17. The van der Waals surface area contributed by atoms with Crippen LogP contribution in [0.2, 0.25) is 0 Å². The number of rotatable bonds is 1. The van der Waals surface area contributed by atoms with Crippen molar-refractivity contribution in [3.05, 3.63) is 0 Å². The molecule has 2 nitrogen and oxygen atoms in total. The fourth-order valence-corrected chi connectivity index (χ4v) is 1.29. The van der Waals surface area contributed by atoms with Gasteiger partial charge in [0.15, 0.2) is 0 Å². The molecule has 0 aromatic heterocycles. The van der Waals surface area contributed by atoms with Crippen LogP contribution in [0.5, 0.6) is 0 Å². The molecule has 0 amide bonds. The second-order valence-corrected chi connectivity index (χ2v) is 3.30. The highest BCUT2D eigenvalue weighted by molar-refractivity contribution is 4.87. The largest absolute Gasteiger partial charge is 0.389 e. The van der Waals surface area contributed by atoms with Crippen molar-refractivity contribution in [1.82, 2.24) is 5.32 Å². The van der Waals surface area contributed by atoms with Gasteiger partial charge >= 0.3 is 0 Å². The van der Waals surface area contributed by atoms with Gasteiger partial charge in [-0.25, -0.2) is 0 Å². The molecule has 0 aromatic carbocycles. The van der Waals surface area contributed by atoms with Crippen molar-refractivity contribution in [2.75, 3.05) is 6.54 Å². The van der Waals surface area contributed by atoms with E-state index in [9.17, 15) is 5.11 Å². The van der Waals surface area contributed by atoms with Crippen molar-refractivity contribution in [3.63, 3.8) is 0 Å². The van der Waals surface area contributed by atoms with E-state index in [0.717, 1.165) is 13.0 Å². The van der Waals surface area contributed by atoms with Crippen LogP contribution >= 0.6 is 0 Å². The van der Waals surface area contributed by atoms with Crippen LogP contribution in [0.25, 0.3) is 0 Å². The maximum atomic E-state index is 9.45. The standard InChI is InChI=1S/C7H15NO/c1-7(2,9)6-4-3-5-8-6/h6,8-9H,3-5H2,1-2H3/t6-/m0/s1. The highest BCUT2D eigenvalue weighted by atomic mass is 16.3. The van der Waals surface area contributed by atoms with Gasteiger partial charge in [0.1, 0.15) is 0 Å². The molecule has 1 atom stereocenters. The molecule has 0 radical (unpaired) electrons. The van der Waals surface area contributed by atoms with Crippen molar-refractivity contribution in [2.45, 2.75) is 38.3 Å². The van der Waals surface area contributed by atoms with E-state index < -0.39 is 5.60 Å². The van der Waals surface area contributed by atoms with Crippen LogP contribution in [0.4, 0.5) is 0 Å². The Hall–Kier alpha value is -0.0800. The summed E-state index contributed by atoms with van der Waals surface area (Å²) in [4.78, 5) is 0. The predicted molar refractivity (Wildman–Crippen MR) is 37.3 cm³/mol. The Bertz CT molecular complexity index is 89.6. The smallest absolute Gasteiger partial charge is 0.0744 e. The molecule has 1 fully saturated rings. The first-order valence-corrected chi connectivity index (χ1v) is 3.56. The average Bonchev–Trinajstić information content (AvgIpc) is 2.08. The summed E-state index contributed by atoms with van der Waals surface area (Å²) in [5.74, 6) is 0. The summed E-state index contributed by atoms with van der Waals surface area (Å²) in [5, 5.41) is 12.7. The normalized spacial score (nSPS) is 29.0. The van der Waals surface area contributed by atoms with Crippen LogP contribution in [0.3, 0.4) is 0 Å². The fraction of sp³-hybridized carbons (Fsp3) is 1.00. The molecule has 2 N–H and O–H groups in total. The minimum atomic E-state index is -0.531. The zero-order chi connectivity index (χ0) is 6.91. The zero-order valence-electron chi connectivity index (χ0n) is 6.15. The van der Waals surface area contributed by atoms with Crippen LogP contribution in [-0.4, -0.2) is 23.3 Å². The molecular weight excluding hydrogens is 114 g/mol. The van der Waals surface area contributed by atoms with Crippen molar-refractivity contribution in [2.24, 2.45) is 0 Å². The summed E-state index contributed by atoms with van der Waals surface area (Å²) in [6.07, 6.45) is 2.32. The molecule has 2 heteroatoms. The molecular formula is C7H15NO. The Balaban J connectivity index is 2.42. The number of hydrogen-bond donors (Lipinski definition) is 2. The maximum Gasteiger partial charge on any atom is 0.0744 e. The van der Waals surface area contributed by atoms with E-state index in [1.807, 2.05) is 13.8 Å². The van der Waals surface area contributed by atoms with Gasteiger partial charge in [-0.3, -0.25) is 0 Å². The summed E-state index contributed by atoms with van der Waals surface area (Å²) < 4.78 is 0. The van der Waals surface area contributed by atoms with Crippen molar-refractivity contribution >= 4 is 0 Å². The van der Waals surface area contributed by atoms with Crippen molar-refractivity contribution in [3.8, 4) is 0 Å². The van der Waals surface area contributed by atoms with E-state index in [4.69, 9.17) is 0 Å². The van der Waals surface area contributed by atoms with Crippen LogP contribution < -0.4 is 5.32 Å². The molecule has 0 aliphatic carbocycles. The Morgan fingerprint density at radius 1 is 1.56 bits per heavy atom. The van der Waals surface area contributed by atoms with Gasteiger partial charge in [-0.05, 0) is 33.2 Å². The van der Waals surface area contributed by atoms with E-state index in [0.29, 0.717) is 6.04 Å². The molecule has 1 aliphatic rings. The van der Waals surface area contributed by atoms with E-state index in [2.05, 4.69) is 5.32 Å². The SMILES string of the molecule is CC(C)(O)[C@@H]1CCCN1. The van der Waals surface area contributed by atoms with Gasteiger partial charge in [0.25, 0.3) is 0 Å². The van der Waals surface area contributed by atoms with Gasteiger partial charge in [0.2, 0.25) is 0 Å². The number of nitrogens with one attached hydrogen (secondary N) is 1.